The van der Waals surface area contributed by atoms with Crippen LogP contribution in [-0.2, 0) is 23.9 Å². The van der Waals surface area contributed by atoms with Crippen molar-refractivity contribution in [3.05, 3.63) is 0 Å². The third kappa shape index (κ3) is 19.4. The molecule has 0 aromatic rings. The number of hydrogen-bond acceptors (Lipinski definition) is 8. The summed E-state index contributed by atoms with van der Waals surface area (Å²) in [6, 6.07) is -0.540. The van der Waals surface area contributed by atoms with Gasteiger partial charge in [-0.3, -0.25) is 14.5 Å². The van der Waals surface area contributed by atoms with Crippen molar-refractivity contribution >= 4 is 24.2 Å². The van der Waals surface area contributed by atoms with E-state index in [4.69, 9.17) is 14.7 Å². The number of alkyl carbamates (subject to hydrolysis) is 1. The van der Waals surface area contributed by atoms with Gasteiger partial charge in [-0.1, -0.05) is 47.5 Å². The lowest BCUT2D eigenvalue weighted by Gasteiger charge is -2.21. The number of rotatable bonds is 10. The molecule has 3 amide bonds. The van der Waals surface area contributed by atoms with E-state index in [0.717, 1.165) is 51.5 Å². The van der Waals surface area contributed by atoms with Crippen molar-refractivity contribution in [2.24, 2.45) is 5.92 Å². The van der Waals surface area contributed by atoms with Crippen molar-refractivity contribution in [2.75, 3.05) is 33.8 Å². The molecular formula is C29H57N5O6. The van der Waals surface area contributed by atoms with Gasteiger partial charge in [0, 0.05) is 39.2 Å². The molecule has 2 heterocycles. The lowest BCUT2D eigenvalue weighted by Crippen LogP contribution is -2.42. The maximum Gasteiger partial charge on any atom is 0.408 e. The van der Waals surface area contributed by atoms with Crippen molar-refractivity contribution in [1.29, 1.82) is 5.26 Å². The topological polar surface area (TPSA) is 150 Å². The molecule has 0 aliphatic carbocycles. The second-order valence-corrected chi connectivity index (χ2v) is 9.94. The normalized spacial score (nSPS) is 20.2. The zero-order valence-corrected chi connectivity index (χ0v) is 26.7. The second-order valence-electron chi connectivity index (χ2n) is 9.94. The number of likely N-dealkylation sites (tertiary alicyclic amines) is 1. The van der Waals surface area contributed by atoms with Crippen molar-refractivity contribution in [3.63, 3.8) is 0 Å². The van der Waals surface area contributed by atoms with Gasteiger partial charge in [0.1, 0.15) is 11.9 Å². The number of nitrogens with zero attached hydrogens (tertiary/aromatic N) is 2. The van der Waals surface area contributed by atoms with Gasteiger partial charge in [0.15, 0.2) is 0 Å². The van der Waals surface area contributed by atoms with Crippen molar-refractivity contribution < 1.29 is 28.7 Å². The lowest BCUT2D eigenvalue weighted by atomic mass is 10.0. The molecule has 0 saturated carbocycles. The Hall–Kier alpha value is -2.71. The van der Waals surface area contributed by atoms with Crippen LogP contribution >= 0.6 is 0 Å². The van der Waals surface area contributed by atoms with Gasteiger partial charge in [-0.15, -0.1) is 0 Å². The highest BCUT2D eigenvalue weighted by molar-refractivity contribution is 5.82. The molecule has 11 nitrogen and oxygen atoms in total. The minimum absolute atomic E-state index is 0.0421. The monoisotopic (exact) mass is 571 g/mol. The second kappa shape index (κ2) is 25.3. The van der Waals surface area contributed by atoms with Gasteiger partial charge >= 0.3 is 6.09 Å². The molecule has 11 heteroatoms. The van der Waals surface area contributed by atoms with E-state index in [-0.39, 0.29) is 29.9 Å². The summed E-state index contributed by atoms with van der Waals surface area (Å²) < 4.78 is 10.3. The van der Waals surface area contributed by atoms with Crippen LogP contribution in [0.4, 0.5) is 4.79 Å². The van der Waals surface area contributed by atoms with E-state index in [0.29, 0.717) is 13.0 Å². The maximum atomic E-state index is 12.1. The number of unbranched alkanes of at least 4 members (excludes halogenated alkanes) is 1. The molecular weight excluding hydrogens is 514 g/mol. The molecule has 1 unspecified atom stereocenters. The summed E-state index contributed by atoms with van der Waals surface area (Å²) >= 11 is 0. The van der Waals surface area contributed by atoms with E-state index in [9.17, 15) is 19.2 Å². The van der Waals surface area contributed by atoms with E-state index in [1.54, 1.807) is 27.9 Å². The molecule has 0 bridgehead atoms. The molecule has 2 saturated heterocycles. The maximum absolute atomic E-state index is 12.1. The summed E-state index contributed by atoms with van der Waals surface area (Å²) in [5, 5.41) is 14.8. The number of nitrogens with one attached hydrogen (secondary N) is 3. The van der Waals surface area contributed by atoms with Crippen LogP contribution in [0.5, 0.6) is 0 Å². The number of aldehydes is 1. The molecule has 0 aromatic heterocycles. The third-order valence-electron chi connectivity index (χ3n) is 5.84. The van der Waals surface area contributed by atoms with Crippen LogP contribution in [-0.4, -0.2) is 86.7 Å². The van der Waals surface area contributed by atoms with E-state index in [1.807, 2.05) is 46.6 Å². The van der Waals surface area contributed by atoms with Gasteiger partial charge in [-0.05, 0) is 53.5 Å². The Balaban J connectivity index is -0.000000589. The Morgan fingerprint density at radius 2 is 1.82 bits per heavy atom. The molecule has 0 spiro atoms. The first-order valence-corrected chi connectivity index (χ1v) is 14.5. The number of methoxy groups -OCH3 is 1. The lowest BCUT2D eigenvalue weighted by molar-refractivity contribution is -0.126. The summed E-state index contributed by atoms with van der Waals surface area (Å²) in [7, 11) is 3.62. The number of carbonyl (C=O) groups excluding carboxylic acids is 4. The fourth-order valence-electron chi connectivity index (χ4n) is 3.89. The van der Waals surface area contributed by atoms with Gasteiger partial charge in [0.05, 0.1) is 18.2 Å². The predicted octanol–water partition coefficient (Wildman–Crippen LogP) is 3.81. The predicted molar refractivity (Wildman–Crippen MR) is 159 cm³/mol. The van der Waals surface area contributed by atoms with Gasteiger partial charge < -0.3 is 30.2 Å². The molecule has 2 rings (SSSR count). The first kappa shape index (κ1) is 41.8. The van der Waals surface area contributed by atoms with Crippen LogP contribution in [0.1, 0.15) is 93.9 Å². The molecule has 4 atom stereocenters. The van der Waals surface area contributed by atoms with Gasteiger partial charge in [0.2, 0.25) is 11.8 Å². The quantitative estimate of drug-likeness (QED) is 0.335. The average molecular weight is 572 g/mol. The first-order chi connectivity index (χ1) is 19.0. The number of hydrogen-bond donors (Lipinski definition) is 3. The van der Waals surface area contributed by atoms with E-state index in [2.05, 4.69) is 22.5 Å². The van der Waals surface area contributed by atoms with Gasteiger partial charge in [-0.2, -0.15) is 0 Å². The molecule has 2 aliphatic heterocycles. The standard InChI is InChI=1S/C13H23N3O3.C11H21NO3.2C2H6.CHN/c1-16-8-10(19-2)7-11(16)13(18)15-6-4-9-3-5-14-12(9)17;1-5-6-7-9(8-13)12-10(14)15-11(2,3)4;3*1-2/h9-11H,3-8H2,1-2H3,(H,14,17)(H,15,18);8-9H,5-7H2,1-4H3,(H,12,14);2*1-2H3;1H/t9-,10-,11?;9-;;;/m10.../s1. The van der Waals surface area contributed by atoms with Crippen LogP contribution in [0.2, 0.25) is 0 Å². The molecule has 0 radical (unpaired) electrons. The zero-order valence-electron chi connectivity index (χ0n) is 26.7. The Bertz CT molecular complexity index is 711. The van der Waals surface area contributed by atoms with Gasteiger partial charge in [0.25, 0.3) is 0 Å². The summed E-state index contributed by atoms with van der Waals surface area (Å²) in [6.07, 6.45) is 5.28. The molecule has 40 heavy (non-hydrogen) atoms. The highest BCUT2D eigenvalue weighted by Gasteiger charge is 2.34. The number of nitriles is 1. The van der Waals surface area contributed by atoms with E-state index >= 15 is 0 Å². The number of carbonyl (C=O) groups is 4. The molecule has 3 N–H and O–H groups in total. The zero-order chi connectivity index (χ0) is 31.7. The summed E-state index contributed by atoms with van der Waals surface area (Å²) in [5.74, 6) is 0.223. The van der Waals surface area contributed by atoms with Crippen LogP contribution in [0, 0.1) is 17.8 Å². The minimum atomic E-state index is -0.532. The largest absolute Gasteiger partial charge is 0.444 e. The van der Waals surface area contributed by atoms with Gasteiger partial charge in [-0.25, -0.2) is 10.1 Å². The van der Waals surface area contributed by atoms with Crippen LogP contribution in [0.25, 0.3) is 0 Å². The number of ether oxygens (including phenoxy) is 2. The molecule has 0 aromatic carbocycles. The Kier molecular flexibility index (Phi) is 26.4. The van der Waals surface area contributed by atoms with Crippen molar-refractivity contribution in [3.8, 4) is 6.57 Å². The third-order valence-corrected chi connectivity index (χ3v) is 5.84. The number of likely N-dealkylation sites (N-methyl/N-ethyl adjacent to an activating group) is 1. The first-order valence-electron chi connectivity index (χ1n) is 14.5. The average Bonchev–Trinajstić information content (AvgIpc) is 3.53. The Morgan fingerprint density at radius 3 is 2.25 bits per heavy atom. The molecule has 2 aliphatic rings. The molecule has 234 valence electrons. The summed E-state index contributed by atoms with van der Waals surface area (Å²) in [5.41, 5.74) is -0.526. The molecule has 2 fully saturated rings. The fraction of sp³-hybridized carbons (Fsp3) is 0.828. The van der Waals surface area contributed by atoms with E-state index in [1.165, 1.54) is 0 Å². The summed E-state index contributed by atoms with van der Waals surface area (Å²) in [4.78, 5) is 47.4. The number of amides is 3. The Morgan fingerprint density at radius 1 is 1.23 bits per heavy atom. The highest BCUT2D eigenvalue weighted by atomic mass is 16.6. The Labute approximate surface area is 243 Å². The minimum Gasteiger partial charge on any atom is -0.444 e. The summed E-state index contributed by atoms with van der Waals surface area (Å²) in [6.45, 7) is 21.0. The highest BCUT2D eigenvalue weighted by Crippen LogP contribution is 2.18. The smallest absolute Gasteiger partial charge is 0.408 e. The fourth-order valence-corrected chi connectivity index (χ4v) is 3.89. The van der Waals surface area contributed by atoms with Crippen LogP contribution in [0.3, 0.4) is 0 Å². The van der Waals surface area contributed by atoms with Crippen LogP contribution < -0.4 is 16.0 Å². The van der Waals surface area contributed by atoms with Crippen molar-refractivity contribution in [2.45, 2.75) is 118 Å². The SMILES string of the molecule is C#N.CC.CC.CCCC[C@@H](C=O)NC(=O)OC(C)(C)C.CO[C@@H]1CC(C(=O)NCC[C@H]2CCNC2=O)N(C)C1. The van der Waals surface area contributed by atoms with Crippen LogP contribution in [0.15, 0.2) is 0 Å². The van der Waals surface area contributed by atoms with Crippen molar-refractivity contribution in [1.82, 2.24) is 20.9 Å². The van der Waals surface area contributed by atoms with E-state index < -0.39 is 17.7 Å².